The quantitative estimate of drug-likeness (QED) is 0.338. The van der Waals surface area contributed by atoms with Crippen molar-refractivity contribution in [2.45, 2.75) is 13.8 Å². The van der Waals surface area contributed by atoms with Crippen molar-refractivity contribution < 1.29 is 18.7 Å². The molecule has 0 fully saturated rings. The van der Waals surface area contributed by atoms with Gasteiger partial charge in [0.1, 0.15) is 23.2 Å². The molecule has 0 atom stereocenters. The average molecular weight is 407 g/mol. The van der Waals surface area contributed by atoms with Gasteiger partial charge in [0.05, 0.1) is 30.3 Å². The molecule has 1 amide bonds. The number of hydrogen-bond donors (Lipinski definition) is 0. The fourth-order valence-electron chi connectivity index (χ4n) is 2.67. The van der Waals surface area contributed by atoms with Crippen molar-refractivity contribution in [1.29, 1.82) is 5.26 Å². The number of furan rings is 1. The Hall–Kier alpha value is -3.70. The predicted octanol–water partition coefficient (Wildman–Crippen LogP) is 4.53. The Kier molecular flexibility index (Phi) is 5.90. The van der Waals surface area contributed by atoms with Gasteiger partial charge in [-0.1, -0.05) is 0 Å². The Morgan fingerprint density at radius 2 is 2.00 bits per heavy atom. The highest BCUT2D eigenvalue weighted by Gasteiger charge is 2.20. The fourth-order valence-corrected chi connectivity index (χ4v) is 3.51. The van der Waals surface area contributed by atoms with E-state index in [0.717, 1.165) is 0 Å². The van der Waals surface area contributed by atoms with Gasteiger partial charge in [0, 0.05) is 12.3 Å². The molecule has 3 rings (SSSR count). The van der Waals surface area contributed by atoms with Crippen LogP contribution >= 0.6 is 11.3 Å². The number of Topliss-reactive ketones (excluding diaryl/α,β-unsaturated/α-hetero) is 1. The van der Waals surface area contributed by atoms with Crippen LogP contribution in [0.25, 0.3) is 6.08 Å². The highest BCUT2D eigenvalue weighted by atomic mass is 32.1. The van der Waals surface area contributed by atoms with Gasteiger partial charge in [-0.3, -0.25) is 14.5 Å². The Morgan fingerprint density at radius 1 is 1.28 bits per heavy atom. The van der Waals surface area contributed by atoms with Gasteiger partial charge in [-0.05, 0) is 43.3 Å². The lowest BCUT2D eigenvalue weighted by Crippen LogP contribution is -2.22. The second-order valence-electron chi connectivity index (χ2n) is 6.00. The van der Waals surface area contributed by atoms with Gasteiger partial charge in [-0.2, -0.15) is 5.26 Å². The highest BCUT2D eigenvalue weighted by Crippen LogP contribution is 2.31. The summed E-state index contributed by atoms with van der Waals surface area (Å²) in [6.45, 7) is 3.09. The van der Waals surface area contributed by atoms with E-state index >= 15 is 0 Å². The molecule has 29 heavy (non-hydrogen) atoms. The van der Waals surface area contributed by atoms with Gasteiger partial charge in [0.25, 0.3) is 0 Å². The smallest absolute Gasteiger partial charge is 0.230 e. The lowest BCUT2D eigenvalue weighted by molar-refractivity contribution is -0.115. The Labute approximate surface area is 171 Å². The van der Waals surface area contributed by atoms with E-state index < -0.39 is 5.78 Å². The molecule has 0 aliphatic rings. The molecule has 0 saturated carbocycles. The molecule has 7 nitrogen and oxygen atoms in total. The summed E-state index contributed by atoms with van der Waals surface area (Å²) in [4.78, 5) is 30.6. The minimum atomic E-state index is -0.438. The fraction of sp³-hybridized carbons (Fsp3) is 0.143. The number of carbonyl (C=O) groups excluding carboxylic acids is 2. The normalized spacial score (nSPS) is 11.0. The number of methoxy groups -OCH3 is 1. The van der Waals surface area contributed by atoms with E-state index in [9.17, 15) is 14.9 Å². The lowest BCUT2D eigenvalue weighted by Gasteiger charge is -2.18. The number of nitrogens with zero attached hydrogens (tertiary/aromatic N) is 3. The summed E-state index contributed by atoms with van der Waals surface area (Å²) in [5.41, 5.74) is 1.31. The maximum atomic E-state index is 12.5. The largest absolute Gasteiger partial charge is 0.497 e. The molecule has 2 aromatic heterocycles. The highest BCUT2D eigenvalue weighted by molar-refractivity contribution is 7.14. The molecular formula is C21H17N3O4S. The molecule has 0 radical (unpaired) electrons. The minimum Gasteiger partial charge on any atom is -0.497 e. The minimum absolute atomic E-state index is 0.0647. The van der Waals surface area contributed by atoms with Gasteiger partial charge in [0.2, 0.25) is 11.7 Å². The van der Waals surface area contributed by atoms with Crippen LogP contribution in [0.3, 0.4) is 0 Å². The number of allylic oxidation sites excluding steroid dienone is 1. The number of aromatic nitrogens is 1. The number of nitriles is 1. The molecule has 0 unspecified atom stereocenters. The number of thiazole rings is 1. The maximum Gasteiger partial charge on any atom is 0.230 e. The van der Waals surface area contributed by atoms with Crippen LogP contribution in [0, 0.1) is 18.3 Å². The van der Waals surface area contributed by atoms with Gasteiger partial charge in [-0.15, -0.1) is 11.3 Å². The Morgan fingerprint density at radius 3 is 2.55 bits per heavy atom. The molecule has 146 valence electrons. The molecular weight excluding hydrogens is 390 g/mol. The number of aryl methyl sites for hydroxylation is 1. The van der Waals surface area contributed by atoms with Gasteiger partial charge in [0.15, 0.2) is 5.13 Å². The van der Waals surface area contributed by atoms with E-state index in [2.05, 4.69) is 4.98 Å². The SMILES string of the molecule is COc1ccc(N(C(C)=O)c2nc(/C=C(\C#N)C(=O)c3ccoc3C)cs2)cc1. The topological polar surface area (TPSA) is 96.4 Å². The molecule has 0 N–H and O–H groups in total. The zero-order valence-electron chi connectivity index (χ0n) is 16.0. The first-order valence-corrected chi connectivity index (χ1v) is 9.43. The number of ketones is 1. The van der Waals surface area contributed by atoms with Crippen molar-refractivity contribution in [3.8, 4) is 11.8 Å². The molecule has 3 aromatic rings. The van der Waals surface area contributed by atoms with Crippen LogP contribution < -0.4 is 9.64 Å². The first-order valence-electron chi connectivity index (χ1n) is 8.55. The second-order valence-corrected chi connectivity index (χ2v) is 6.83. The van der Waals surface area contributed by atoms with Crippen molar-refractivity contribution in [3.05, 3.63) is 64.6 Å². The Balaban J connectivity index is 1.92. The first-order chi connectivity index (χ1) is 13.9. The number of amides is 1. The number of ether oxygens (including phenoxy) is 1. The molecule has 0 aliphatic carbocycles. The summed E-state index contributed by atoms with van der Waals surface area (Å²) in [5, 5.41) is 11.5. The van der Waals surface area contributed by atoms with Crippen LogP contribution in [0.2, 0.25) is 0 Å². The average Bonchev–Trinajstić information content (AvgIpc) is 3.35. The lowest BCUT2D eigenvalue weighted by atomic mass is 10.0. The van der Waals surface area contributed by atoms with Crippen LogP contribution in [0.15, 0.2) is 52.0 Å². The first kappa shape index (κ1) is 20.0. The van der Waals surface area contributed by atoms with Crippen LogP contribution in [-0.4, -0.2) is 23.8 Å². The molecule has 2 heterocycles. The van der Waals surface area contributed by atoms with E-state index in [4.69, 9.17) is 9.15 Å². The number of anilines is 2. The van der Waals surface area contributed by atoms with Crippen molar-refractivity contribution in [1.82, 2.24) is 4.98 Å². The van der Waals surface area contributed by atoms with Crippen molar-refractivity contribution in [2.75, 3.05) is 12.0 Å². The second kappa shape index (κ2) is 8.54. The van der Waals surface area contributed by atoms with E-state index in [-0.39, 0.29) is 11.5 Å². The summed E-state index contributed by atoms with van der Waals surface area (Å²) < 4.78 is 10.3. The number of benzene rings is 1. The third kappa shape index (κ3) is 4.25. The van der Waals surface area contributed by atoms with Crippen molar-refractivity contribution in [2.24, 2.45) is 0 Å². The Bertz CT molecular complexity index is 1120. The number of hydrogen-bond acceptors (Lipinski definition) is 7. The summed E-state index contributed by atoms with van der Waals surface area (Å²) in [6.07, 6.45) is 2.80. The molecule has 0 aliphatic heterocycles. The molecule has 0 saturated heterocycles. The molecule has 1 aromatic carbocycles. The van der Waals surface area contributed by atoms with Crippen LogP contribution in [0.4, 0.5) is 10.8 Å². The van der Waals surface area contributed by atoms with Crippen LogP contribution in [0.5, 0.6) is 5.75 Å². The maximum absolute atomic E-state index is 12.5. The van der Waals surface area contributed by atoms with Crippen LogP contribution in [0.1, 0.15) is 28.7 Å². The zero-order chi connectivity index (χ0) is 21.0. The zero-order valence-corrected chi connectivity index (χ0v) is 16.8. The molecule has 0 bridgehead atoms. The summed E-state index contributed by atoms with van der Waals surface area (Å²) in [6, 6.07) is 10.4. The van der Waals surface area contributed by atoms with Crippen molar-refractivity contribution in [3.63, 3.8) is 0 Å². The number of rotatable bonds is 6. The van der Waals surface area contributed by atoms with Crippen LogP contribution in [-0.2, 0) is 4.79 Å². The molecule has 8 heteroatoms. The van der Waals surface area contributed by atoms with E-state index in [0.29, 0.717) is 33.6 Å². The monoisotopic (exact) mass is 407 g/mol. The summed E-state index contributed by atoms with van der Waals surface area (Å²) in [7, 11) is 1.57. The van der Waals surface area contributed by atoms with Gasteiger partial charge < -0.3 is 9.15 Å². The van der Waals surface area contributed by atoms with Gasteiger partial charge >= 0.3 is 0 Å². The summed E-state index contributed by atoms with van der Waals surface area (Å²) in [5.74, 6) is 0.460. The van der Waals surface area contributed by atoms with E-state index in [1.54, 1.807) is 43.7 Å². The predicted molar refractivity (Wildman–Crippen MR) is 109 cm³/mol. The third-order valence-corrected chi connectivity index (χ3v) is 4.95. The molecule has 0 spiro atoms. The number of carbonyl (C=O) groups is 2. The van der Waals surface area contributed by atoms with E-state index in [1.807, 2.05) is 6.07 Å². The van der Waals surface area contributed by atoms with Crippen molar-refractivity contribution >= 4 is 39.9 Å². The standard InChI is InChI=1S/C21H17N3O4S/c1-13-19(8-9-28-13)20(26)15(11-22)10-16-12-29-21(23-16)24(14(2)25)17-4-6-18(27-3)7-5-17/h4-10,12H,1-3H3/b15-10+. The summed E-state index contributed by atoms with van der Waals surface area (Å²) >= 11 is 1.23. The third-order valence-electron chi connectivity index (χ3n) is 4.11. The van der Waals surface area contributed by atoms with E-state index in [1.165, 1.54) is 41.6 Å². The van der Waals surface area contributed by atoms with Gasteiger partial charge in [-0.25, -0.2) is 4.98 Å².